The standard InChI is InChI=1S/C13H29NO2Si2/c1-17(2,3)14(18(4,5)6)12-9-7-8-11(10-12)13(15)16/h11-12H,7-10H2,1-6H3,(H,15,16). The average molecular weight is 288 g/mol. The van der Waals surface area contributed by atoms with Crippen LogP contribution in [0.3, 0.4) is 0 Å². The molecule has 2 unspecified atom stereocenters. The van der Waals surface area contributed by atoms with Gasteiger partial charge in [-0.2, -0.15) is 0 Å². The molecule has 0 spiro atoms. The molecule has 5 heteroatoms. The smallest absolute Gasteiger partial charge is 0.306 e. The molecule has 0 aliphatic heterocycles. The number of carboxylic acids is 1. The third kappa shape index (κ3) is 3.93. The summed E-state index contributed by atoms with van der Waals surface area (Å²) >= 11 is 0. The molecule has 0 aromatic heterocycles. The first-order valence-electron chi connectivity index (χ1n) is 7.05. The highest BCUT2D eigenvalue weighted by molar-refractivity contribution is 6.89. The number of aliphatic carboxylic acids is 1. The van der Waals surface area contributed by atoms with E-state index in [0.717, 1.165) is 19.3 Å². The first-order chi connectivity index (χ1) is 8.03. The number of hydrogen-bond acceptors (Lipinski definition) is 2. The lowest BCUT2D eigenvalue weighted by atomic mass is 9.86. The van der Waals surface area contributed by atoms with Crippen molar-refractivity contribution < 1.29 is 9.90 Å². The lowest BCUT2D eigenvalue weighted by Gasteiger charge is -2.50. The van der Waals surface area contributed by atoms with Crippen LogP contribution in [-0.4, -0.2) is 37.8 Å². The quantitative estimate of drug-likeness (QED) is 0.803. The summed E-state index contributed by atoms with van der Waals surface area (Å²) in [6.07, 6.45) is 4.01. The molecule has 0 heterocycles. The van der Waals surface area contributed by atoms with Gasteiger partial charge in [0.15, 0.2) is 0 Å². The van der Waals surface area contributed by atoms with E-state index in [4.69, 9.17) is 0 Å². The third-order valence-electron chi connectivity index (χ3n) is 3.81. The highest BCUT2D eigenvalue weighted by atomic mass is 28.4. The minimum absolute atomic E-state index is 0.112. The largest absolute Gasteiger partial charge is 0.481 e. The molecule has 0 aromatic rings. The Bertz CT molecular complexity index is 293. The lowest BCUT2D eigenvalue weighted by Crippen LogP contribution is -2.64. The zero-order valence-electron chi connectivity index (χ0n) is 12.8. The minimum atomic E-state index is -1.37. The molecule has 1 fully saturated rings. The van der Waals surface area contributed by atoms with Crippen molar-refractivity contribution >= 4 is 22.4 Å². The molecule has 1 saturated carbocycles. The van der Waals surface area contributed by atoms with Crippen LogP contribution in [0.4, 0.5) is 0 Å². The fraction of sp³-hybridized carbons (Fsp3) is 0.923. The second kappa shape index (κ2) is 5.47. The Labute approximate surface area is 114 Å². The Balaban J connectivity index is 2.90. The number of rotatable bonds is 4. The molecular formula is C13H29NO2Si2. The number of carbonyl (C=O) groups is 1. The molecule has 0 aromatic carbocycles. The molecule has 0 amide bonds. The molecule has 3 nitrogen and oxygen atoms in total. The monoisotopic (exact) mass is 287 g/mol. The predicted octanol–water partition coefficient (Wildman–Crippen LogP) is 3.60. The van der Waals surface area contributed by atoms with Crippen molar-refractivity contribution in [1.82, 2.24) is 4.23 Å². The van der Waals surface area contributed by atoms with Crippen LogP contribution in [0.5, 0.6) is 0 Å². The summed E-state index contributed by atoms with van der Waals surface area (Å²) in [5.41, 5.74) is 0. The van der Waals surface area contributed by atoms with Gasteiger partial charge in [-0.25, -0.2) is 0 Å². The molecule has 106 valence electrons. The SMILES string of the molecule is C[Si](C)(C)N(C1CCCC(C(=O)O)C1)[Si](C)(C)C. The van der Waals surface area contributed by atoms with Gasteiger partial charge in [0.1, 0.15) is 16.5 Å². The summed E-state index contributed by atoms with van der Waals surface area (Å²) in [6, 6.07) is 0.512. The van der Waals surface area contributed by atoms with E-state index in [9.17, 15) is 9.90 Å². The van der Waals surface area contributed by atoms with Crippen LogP contribution in [0.25, 0.3) is 0 Å². The highest BCUT2D eigenvalue weighted by Crippen LogP contribution is 2.34. The molecule has 1 N–H and O–H groups in total. The van der Waals surface area contributed by atoms with Crippen molar-refractivity contribution in [2.24, 2.45) is 5.92 Å². The van der Waals surface area contributed by atoms with Gasteiger partial charge in [0.05, 0.1) is 5.92 Å². The lowest BCUT2D eigenvalue weighted by molar-refractivity contribution is -0.143. The molecule has 1 aliphatic carbocycles. The summed E-state index contributed by atoms with van der Waals surface area (Å²) in [5, 5.41) is 9.25. The first kappa shape index (κ1) is 15.9. The summed E-state index contributed by atoms with van der Waals surface area (Å²) in [7, 11) is -2.74. The fourth-order valence-electron chi connectivity index (χ4n) is 3.72. The zero-order valence-corrected chi connectivity index (χ0v) is 14.8. The van der Waals surface area contributed by atoms with Crippen LogP contribution in [0.2, 0.25) is 39.3 Å². The van der Waals surface area contributed by atoms with Crippen molar-refractivity contribution in [3.05, 3.63) is 0 Å². The Kier molecular flexibility index (Phi) is 4.83. The van der Waals surface area contributed by atoms with E-state index < -0.39 is 22.4 Å². The van der Waals surface area contributed by atoms with Gasteiger partial charge in [0.2, 0.25) is 0 Å². The van der Waals surface area contributed by atoms with Crippen molar-refractivity contribution in [3.63, 3.8) is 0 Å². The predicted molar refractivity (Wildman–Crippen MR) is 81.9 cm³/mol. The van der Waals surface area contributed by atoms with Gasteiger partial charge in [-0.05, 0) is 25.3 Å². The average Bonchev–Trinajstić information content (AvgIpc) is 2.13. The van der Waals surface area contributed by atoms with E-state index in [1.54, 1.807) is 0 Å². The van der Waals surface area contributed by atoms with Crippen molar-refractivity contribution in [3.8, 4) is 0 Å². The summed E-state index contributed by atoms with van der Waals surface area (Å²) in [5.74, 6) is -0.704. The van der Waals surface area contributed by atoms with Crippen LogP contribution in [-0.2, 0) is 4.79 Å². The van der Waals surface area contributed by atoms with Crippen molar-refractivity contribution in [2.45, 2.75) is 71.0 Å². The van der Waals surface area contributed by atoms with Crippen molar-refractivity contribution in [1.29, 1.82) is 0 Å². The molecule has 1 aliphatic rings. The van der Waals surface area contributed by atoms with E-state index in [2.05, 4.69) is 43.5 Å². The Morgan fingerprint density at radius 2 is 1.56 bits per heavy atom. The van der Waals surface area contributed by atoms with E-state index in [0.29, 0.717) is 6.04 Å². The second-order valence-corrected chi connectivity index (χ2v) is 17.7. The zero-order chi connectivity index (χ0) is 14.1. The maximum atomic E-state index is 11.2. The van der Waals surface area contributed by atoms with Gasteiger partial charge in [-0.15, -0.1) is 0 Å². The van der Waals surface area contributed by atoms with Crippen LogP contribution in [0.15, 0.2) is 0 Å². The summed E-state index contributed by atoms with van der Waals surface area (Å²) in [4.78, 5) is 11.2. The van der Waals surface area contributed by atoms with Crippen molar-refractivity contribution in [2.75, 3.05) is 0 Å². The molecule has 0 radical (unpaired) electrons. The molecule has 18 heavy (non-hydrogen) atoms. The first-order valence-corrected chi connectivity index (χ1v) is 13.9. The van der Waals surface area contributed by atoms with Gasteiger partial charge in [-0.1, -0.05) is 45.7 Å². The third-order valence-corrected chi connectivity index (χ3v) is 11.5. The fourth-order valence-corrected chi connectivity index (χ4v) is 14.4. The van der Waals surface area contributed by atoms with E-state index in [-0.39, 0.29) is 5.92 Å². The van der Waals surface area contributed by atoms with Crippen LogP contribution < -0.4 is 0 Å². The van der Waals surface area contributed by atoms with E-state index in [1.165, 1.54) is 6.42 Å². The van der Waals surface area contributed by atoms with Gasteiger partial charge in [-0.3, -0.25) is 4.79 Å². The number of nitrogens with zero attached hydrogens (tertiary/aromatic N) is 1. The topological polar surface area (TPSA) is 40.5 Å². The molecule has 0 saturated heterocycles. The summed E-state index contributed by atoms with van der Waals surface area (Å²) in [6.45, 7) is 14.4. The van der Waals surface area contributed by atoms with E-state index in [1.807, 2.05) is 0 Å². The second-order valence-electron chi connectivity index (χ2n) is 7.57. The molecular weight excluding hydrogens is 258 g/mol. The highest BCUT2D eigenvalue weighted by Gasteiger charge is 2.41. The Morgan fingerprint density at radius 1 is 1.06 bits per heavy atom. The molecule has 1 rings (SSSR count). The molecule has 0 bridgehead atoms. The molecule has 2 atom stereocenters. The minimum Gasteiger partial charge on any atom is -0.481 e. The van der Waals surface area contributed by atoms with Gasteiger partial charge in [0.25, 0.3) is 0 Å². The number of carboxylic acid groups (broad SMARTS) is 1. The van der Waals surface area contributed by atoms with Gasteiger partial charge >= 0.3 is 5.97 Å². The normalized spacial score (nSPS) is 26.4. The number of hydrogen-bond donors (Lipinski definition) is 1. The van der Waals surface area contributed by atoms with E-state index >= 15 is 0 Å². The maximum absolute atomic E-state index is 11.2. The Morgan fingerprint density at radius 3 is 1.94 bits per heavy atom. The van der Waals surface area contributed by atoms with Crippen LogP contribution >= 0.6 is 0 Å². The maximum Gasteiger partial charge on any atom is 0.306 e. The van der Waals surface area contributed by atoms with Gasteiger partial charge in [0, 0.05) is 0 Å². The van der Waals surface area contributed by atoms with Gasteiger partial charge < -0.3 is 9.34 Å². The van der Waals surface area contributed by atoms with Crippen LogP contribution in [0, 0.1) is 5.92 Å². The summed E-state index contributed by atoms with van der Waals surface area (Å²) < 4.78 is 2.79. The Hall–Kier alpha value is -0.136. The van der Waals surface area contributed by atoms with Crippen LogP contribution in [0.1, 0.15) is 25.7 Å².